The molecule has 1 aromatic heterocycles. The summed E-state index contributed by atoms with van der Waals surface area (Å²) in [5.74, 6) is -0.165. The van der Waals surface area contributed by atoms with Gasteiger partial charge in [0.1, 0.15) is 5.82 Å². The number of carboxylic acids is 1. The lowest BCUT2D eigenvalue weighted by Crippen LogP contribution is -2.54. The number of rotatable bonds is 7. The number of hydrogen-bond donors (Lipinski definition) is 2. The number of aryl methyl sites for hydroxylation is 1. The number of carboxylic acid groups (broad SMARTS) is 1. The number of imidazole rings is 1. The summed E-state index contributed by atoms with van der Waals surface area (Å²) in [4.78, 5) is 28.4. The first-order valence-electron chi connectivity index (χ1n) is 9.61. The number of aliphatic carboxylic acids is 1. The molecule has 6 nitrogen and oxygen atoms in total. The molecule has 0 unspecified atom stereocenters. The largest absolute Gasteiger partial charge is 0.481 e. The van der Waals surface area contributed by atoms with Gasteiger partial charge in [0.2, 0.25) is 5.91 Å². The fourth-order valence-electron chi connectivity index (χ4n) is 3.93. The van der Waals surface area contributed by atoms with Crippen molar-refractivity contribution in [3.63, 3.8) is 0 Å². The van der Waals surface area contributed by atoms with Crippen LogP contribution in [0.2, 0.25) is 0 Å². The van der Waals surface area contributed by atoms with E-state index in [1.165, 1.54) is 0 Å². The number of carbonyl (C=O) groups is 2. The topological polar surface area (TPSA) is 84.2 Å². The van der Waals surface area contributed by atoms with E-state index in [2.05, 4.69) is 9.88 Å². The molecule has 2 aromatic carbocycles. The highest BCUT2D eigenvalue weighted by Crippen LogP contribution is 2.35. The maximum Gasteiger partial charge on any atom is 0.305 e. The molecule has 6 heteroatoms. The van der Waals surface area contributed by atoms with Gasteiger partial charge in [-0.1, -0.05) is 30.3 Å². The molecule has 1 fully saturated rings. The molecule has 28 heavy (non-hydrogen) atoms. The van der Waals surface area contributed by atoms with Crippen molar-refractivity contribution in [2.75, 3.05) is 0 Å². The van der Waals surface area contributed by atoms with Crippen LogP contribution in [0.25, 0.3) is 16.7 Å². The van der Waals surface area contributed by atoms with Crippen molar-refractivity contribution in [3.8, 4) is 5.69 Å². The van der Waals surface area contributed by atoms with E-state index < -0.39 is 11.5 Å². The molecule has 0 atom stereocenters. The van der Waals surface area contributed by atoms with Crippen molar-refractivity contribution in [2.24, 2.45) is 0 Å². The Morgan fingerprint density at radius 3 is 2.46 bits per heavy atom. The number of carbonyl (C=O) groups excluding carboxylic acids is 1. The lowest BCUT2D eigenvalue weighted by molar-refractivity contribution is -0.140. The molecule has 0 radical (unpaired) electrons. The zero-order valence-corrected chi connectivity index (χ0v) is 15.6. The molecule has 1 saturated carbocycles. The molecule has 0 saturated heterocycles. The quantitative estimate of drug-likeness (QED) is 0.660. The van der Waals surface area contributed by atoms with E-state index in [4.69, 9.17) is 10.1 Å². The van der Waals surface area contributed by atoms with E-state index in [-0.39, 0.29) is 18.7 Å². The van der Waals surface area contributed by atoms with Gasteiger partial charge in [0.05, 0.1) is 23.0 Å². The average molecular weight is 377 g/mol. The number of nitrogens with one attached hydrogen (secondary N) is 1. The summed E-state index contributed by atoms with van der Waals surface area (Å²) in [6, 6.07) is 17.9. The fraction of sp³-hybridized carbons (Fsp3) is 0.318. The minimum Gasteiger partial charge on any atom is -0.481 e. The zero-order chi connectivity index (χ0) is 19.6. The Morgan fingerprint density at radius 2 is 1.79 bits per heavy atom. The number of benzene rings is 2. The van der Waals surface area contributed by atoms with Gasteiger partial charge in [0, 0.05) is 18.5 Å². The molecule has 0 spiro atoms. The first-order chi connectivity index (χ1) is 13.6. The smallest absolute Gasteiger partial charge is 0.305 e. The Kier molecular flexibility index (Phi) is 4.86. The summed E-state index contributed by atoms with van der Waals surface area (Å²) in [5, 5.41) is 12.1. The molecule has 4 rings (SSSR count). The molecule has 2 N–H and O–H groups in total. The summed E-state index contributed by atoms with van der Waals surface area (Å²) in [7, 11) is 0. The Bertz CT molecular complexity index is 1010. The molecule has 1 aliphatic rings. The van der Waals surface area contributed by atoms with Gasteiger partial charge in [-0.15, -0.1) is 0 Å². The Labute approximate surface area is 163 Å². The predicted molar refractivity (Wildman–Crippen MR) is 106 cm³/mol. The summed E-state index contributed by atoms with van der Waals surface area (Å²) >= 11 is 0. The second-order valence-electron chi connectivity index (χ2n) is 7.44. The van der Waals surface area contributed by atoms with Gasteiger partial charge in [0.15, 0.2) is 0 Å². The van der Waals surface area contributed by atoms with Gasteiger partial charge in [0.25, 0.3) is 0 Å². The van der Waals surface area contributed by atoms with Crippen LogP contribution >= 0.6 is 0 Å². The van der Waals surface area contributed by atoms with Crippen LogP contribution in [0.4, 0.5) is 0 Å². The van der Waals surface area contributed by atoms with Crippen LogP contribution in [-0.4, -0.2) is 32.1 Å². The SMILES string of the molecule is O=C(O)CC1(NC(=O)CCc2nc3ccccc3n2-c2ccccc2)CCC1. The number of fused-ring (bicyclic) bond motifs is 1. The Hall–Kier alpha value is -3.15. The number of para-hydroxylation sites is 3. The summed E-state index contributed by atoms with van der Waals surface area (Å²) < 4.78 is 2.08. The molecule has 1 heterocycles. The van der Waals surface area contributed by atoms with E-state index in [9.17, 15) is 9.59 Å². The highest BCUT2D eigenvalue weighted by Gasteiger charge is 2.40. The molecule has 3 aromatic rings. The van der Waals surface area contributed by atoms with Crippen LogP contribution in [0.5, 0.6) is 0 Å². The Balaban J connectivity index is 1.54. The molecule has 0 aliphatic heterocycles. The number of aromatic nitrogens is 2. The van der Waals surface area contributed by atoms with Crippen molar-refractivity contribution in [3.05, 3.63) is 60.4 Å². The maximum absolute atomic E-state index is 12.5. The number of amides is 1. The summed E-state index contributed by atoms with van der Waals surface area (Å²) in [6.07, 6.45) is 3.16. The van der Waals surface area contributed by atoms with E-state index in [1.54, 1.807) is 0 Å². The molecule has 1 aliphatic carbocycles. The van der Waals surface area contributed by atoms with Gasteiger partial charge in [-0.25, -0.2) is 4.98 Å². The number of nitrogens with zero attached hydrogens (tertiary/aromatic N) is 2. The van der Waals surface area contributed by atoms with Crippen molar-refractivity contribution in [2.45, 2.75) is 44.1 Å². The first kappa shape index (κ1) is 18.2. The lowest BCUT2D eigenvalue weighted by Gasteiger charge is -2.41. The minimum absolute atomic E-state index is 0.0126. The van der Waals surface area contributed by atoms with Crippen LogP contribution in [0.1, 0.15) is 37.9 Å². The van der Waals surface area contributed by atoms with Crippen LogP contribution in [0.15, 0.2) is 54.6 Å². The van der Waals surface area contributed by atoms with Gasteiger partial charge in [-0.05, 0) is 43.5 Å². The average Bonchev–Trinajstić information content (AvgIpc) is 3.03. The molecule has 1 amide bonds. The molecular weight excluding hydrogens is 354 g/mol. The highest BCUT2D eigenvalue weighted by atomic mass is 16.4. The number of hydrogen-bond acceptors (Lipinski definition) is 3. The normalized spacial score (nSPS) is 15.1. The van der Waals surface area contributed by atoms with Gasteiger partial charge >= 0.3 is 5.97 Å². The predicted octanol–water partition coefficient (Wildman–Crippen LogP) is 3.47. The zero-order valence-electron chi connectivity index (χ0n) is 15.6. The van der Waals surface area contributed by atoms with E-state index in [0.29, 0.717) is 6.42 Å². The third kappa shape index (κ3) is 3.63. The van der Waals surface area contributed by atoms with E-state index in [1.807, 2.05) is 54.6 Å². The first-order valence-corrected chi connectivity index (χ1v) is 9.61. The monoisotopic (exact) mass is 377 g/mol. The van der Waals surface area contributed by atoms with Crippen molar-refractivity contribution in [1.29, 1.82) is 0 Å². The summed E-state index contributed by atoms with van der Waals surface area (Å²) in [5.41, 5.74) is 2.34. The van der Waals surface area contributed by atoms with Crippen molar-refractivity contribution in [1.82, 2.24) is 14.9 Å². The summed E-state index contributed by atoms with van der Waals surface area (Å²) in [6.45, 7) is 0. The highest BCUT2D eigenvalue weighted by molar-refractivity contribution is 5.80. The molecule has 144 valence electrons. The van der Waals surface area contributed by atoms with Gasteiger partial charge in [-0.3, -0.25) is 14.2 Å². The van der Waals surface area contributed by atoms with E-state index in [0.717, 1.165) is 41.8 Å². The van der Waals surface area contributed by atoms with Crippen LogP contribution in [0, 0.1) is 0 Å². The minimum atomic E-state index is -0.870. The van der Waals surface area contributed by atoms with Gasteiger partial charge < -0.3 is 10.4 Å². The third-order valence-electron chi connectivity index (χ3n) is 5.43. The van der Waals surface area contributed by atoms with Gasteiger partial charge in [-0.2, -0.15) is 0 Å². The molecule has 0 bridgehead atoms. The second kappa shape index (κ2) is 7.46. The molecular formula is C22H23N3O3. The maximum atomic E-state index is 12.5. The third-order valence-corrected chi connectivity index (χ3v) is 5.43. The lowest BCUT2D eigenvalue weighted by atomic mass is 9.74. The van der Waals surface area contributed by atoms with Crippen LogP contribution in [0.3, 0.4) is 0 Å². The standard InChI is InChI=1S/C22H23N3O3/c26-20(24-22(13-6-14-22)15-21(27)28)12-11-19-23-17-9-4-5-10-18(17)25(19)16-7-2-1-3-8-16/h1-5,7-10H,6,11-15H2,(H,24,26)(H,27,28). The van der Waals surface area contributed by atoms with Crippen LogP contribution < -0.4 is 5.32 Å². The van der Waals surface area contributed by atoms with Crippen LogP contribution in [-0.2, 0) is 16.0 Å². The fourth-order valence-corrected chi connectivity index (χ4v) is 3.93. The second-order valence-corrected chi connectivity index (χ2v) is 7.44. The van der Waals surface area contributed by atoms with Crippen molar-refractivity contribution >= 4 is 22.9 Å². The Morgan fingerprint density at radius 1 is 1.07 bits per heavy atom. The van der Waals surface area contributed by atoms with E-state index >= 15 is 0 Å². The van der Waals surface area contributed by atoms with Crippen molar-refractivity contribution < 1.29 is 14.7 Å².